The van der Waals surface area contributed by atoms with Crippen molar-refractivity contribution in [1.82, 2.24) is 4.98 Å². The number of halogens is 2. The van der Waals surface area contributed by atoms with Crippen LogP contribution in [0, 0.1) is 21.7 Å². The van der Waals surface area contributed by atoms with E-state index < -0.39 is 16.6 Å². The molecule has 0 aliphatic heterocycles. The zero-order valence-electron chi connectivity index (χ0n) is 7.68. The summed E-state index contributed by atoms with van der Waals surface area (Å²) in [5.74, 6) is -1.49. The van der Waals surface area contributed by atoms with Crippen molar-refractivity contribution < 1.29 is 13.7 Å². The summed E-state index contributed by atoms with van der Waals surface area (Å²) >= 11 is 0.768. The van der Waals surface area contributed by atoms with Crippen LogP contribution >= 0.6 is 11.3 Å². The van der Waals surface area contributed by atoms with Gasteiger partial charge in [0, 0.05) is 11.6 Å². The highest BCUT2D eigenvalue weighted by Gasteiger charge is 2.13. The van der Waals surface area contributed by atoms with Gasteiger partial charge in [0.15, 0.2) is 0 Å². The molecule has 1 aromatic heterocycles. The Morgan fingerprint density at radius 2 is 1.88 bits per heavy atom. The van der Waals surface area contributed by atoms with Gasteiger partial charge in [-0.3, -0.25) is 10.1 Å². The SMILES string of the molecule is O=[N+]([O-])c1cnc(-c2cc(F)cc(F)c2)s1. The first kappa shape index (κ1) is 10.6. The standard InChI is InChI=1S/C9H4F2N2O2S/c10-6-1-5(2-7(11)3-6)9-12-4-8(16-9)13(14)15/h1-4H. The van der Waals surface area contributed by atoms with Crippen LogP contribution < -0.4 is 0 Å². The van der Waals surface area contributed by atoms with E-state index in [1.807, 2.05) is 0 Å². The highest BCUT2D eigenvalue weighted by atomic mass is 32.1. The Morgan fingerprint density at radius 1 is 1.25 bits per heavy atom. The average Bonchev–Trinajstić information content (AvgIpc) is 2.64. The Kier molecular flexibility index (Phi) is 2.61. The number of aromatic nitrogens is 1. The molecule has 7 heteroatoms. The molecule has 0 aliphatic rings. The Morgan fingerprint density at radius 3 is 2.38 bits per heavy atom. The molecular formula is C9H4F2N2O2S. The van der Waals surface area contributed by atoms with Gasteiger partial charge >= 0.3 is 5.00 Å². The van der Waals surface area contributed by atoms with Crippen molar-refractivity contribution in [2.24, 2.45) is 0 Å². The molecular weight excluding hydrogens is 238 g/mol. The van der Waals surface area contributed by atoms with Gasteiger partial charge in [-0.05, 0) is 23.5 Å². The third-order valence-electron chi connectivity index (χ3n) is 1.78. The first-order valence-electron chi connectivity index (χ1n) is 4.13. The summed E-state index contributed by atoms with van der Waals surface area (Å²) in [7, 11) is 0. The van der Waals surface area contributed by atoms with E-state index in [0.717, 1.165) is 35.7 Å². The van der Waals surface area contributed by atoms with Crippen molar-refractivity contribution in [3.63, 3.8) is 0 Å². The molecule has 0 spiro atoms. The van der Waals surface area contributed by atoms with Gasteiger partial charge in [0.05, 0.1) is 4.92 Å². The number of rotatable bonds is 2. The van der Waals surface area contributed by atoms with Gasteiger partial charge in [-0.2, -0.15) is 0 Å². The second kappa shape index (κ2) is 3.93. The van der Waals surface area contributed by atoms with Crippen LogP contribution in [0.25, 0.3) is 10.6 Å². The molecule has 0 atom stereocenters. The maximum Gasteiger partial charge on any atom is 0.344 e. The predicted molar refractivity (Wildman–Crippen MR) is 54.1 cm³/mol. The Balaban J connectivity index is 2.46. The molecule has 0 N–H and O–H groups in total. The van der Waals surface area contributed by atoms with Crippen LogP contribution in [0.5, 0.6) is 0 Å². The van der Waals surface area contributed by atoms with E-state index >= 15 is 0 Å². The summed E-state index contributed by atoms with van der Waals surface area (Å²) in [6.45, 7) is 0. The van der Waals surface area contributed by atoms with Crippen molar-refractivity contribution in [1.29, 1.82) is 0 Å². The first-order chi connectivity index (χ1) is 7.56. The zero-order valence-corrected chi connectivity index (χ0v) is 8.50. The second-order valence-electron chi connectivity index (χ2n) is 2.92. The van der Waals surface area contributed by atoms with Crippen molar-refractivity contribution in [2.45, 2.75) is 0 Å². The maximum atomic E-state index is 12.9. The van der Waals surface area contributed by atoms with Gasteiger partial charge in [-0.1, -0.05) is 0 Å². The van der Waals surface area contributed by atoms with Crippen molar-refractivity contribution in [2.75, 3.05) is 0 Å². The van der Waals surface area contributed by atoms with Crippen LogP contribution in [-0.4, -0.2) is 9.91 Å². The predicted octanol–water partition coefficient (Wildman–Crippen LogP) is 3.00. The number of thiazole rings is 1. The van der Waals surface area contributed by atoms with Crippen LogP contribution in [0.3, 0.4) is 0 Å². The number of nitrogens with zero attached hydrogens (tertiary/aromatic N) is 2. The smallest absolute Gasteiger partial charge is 0.257 e. The van der Waals surface area contributed by atoms with Gasteiger partial charge in [0.2, 0.25) is 0 Å². The third-order valence-corrected chi connectivity index (χ3v) is 2.78. The van der Waals surface area contributed by atoms with Crippen LogP contribution in [0.15, 0.2) is 24.4 Å². The Hall–Kier alpha value is -1.89. The summed E-state index contributed by atoms with van der Waals surface area (Å²) in [5, 5.41) is 10.5. The lowest BCUT2D eigenvalue weighted by molar-refractivity contribution is -0.380. The summed E-state index contributed by atoms with van der Waals surface area (Å²) < 4.78 is 25.8. The number of benzene rings is 1. The fraction of sp³-hybridized carbons (Fsp3) is 0. The van der Waals surface area contributed by atoms with Crippen LogP contribution in [-0.2, 0) is 0 Å². The largest absolute Gasteiger partial charge is 0.344 e. The lowest BCUT2D eigenvalue weighted by atomic mass is 10.2. The van der Waals surface area contributed by atoms with E-state index in [1.165, 1.54) is 0 Å². The summed E-state index contributed by atoms with van der Waals surface area (Å²) in [5.41, 5.74) is 0.190. The molecule has 4 nitrogen and oxygen atoms in total. The molecule has 0 aliphatic carbocycles. The van der Waals surface area contributed by atoms with E-state index in [1.54, 1.807) is 0 Å². The van der Waals surface area contributed by atoms with Gasteiger partial charge in [-0.25, -0.2) is 13.8 Å². The molecule has 0 saturated heterocycles. The molecule has 0 amide bonds. The second-order valence-corrected chi connectivity index (χ2v) is 3.93. The lowest BCUT2D eigenvalue weighted by Gasteiger charge is -1.96. The summed E-state index contributed by atoms with van der Waals surface area (Å²) in [6, 6.07) is 2.88. The molecule has 16 heavy (non-hydrogen) atoms. The molecule has 0 unspecified atom stereocenters. The summed E-state index contributed by atoms with van der Waals surface area (Å²) in [4.78, 5) is 13.5. The Labute approximate surface area is 92.3 Å². The minimum absolute atomic E-state index is 0.167. The van der Waals surface area contributed by atoms with Crippen molar-refractivity contribution >= 4 is 16.3 Å². The van der Waals surface area contributed by atoms with Gasteiger partial charge in [0.25, 0.3) is 0 Å². The monoisotopic (exact) mass is 242 g/mol. The molecule has 1 heterocycles. The quantitative estimate of drug-likeness (QED) is 0.600. The first-order valence-corrected chi connectivity index (χ1v) is 4.94. The van der Waals surface area contributed by atoms with E-state index in [9.17, 15) is 18.9 Å². The number of nitro groups is 1. The molecule has 82 valence electrons. The van der Waals surface area contributed by atoms with E-state index in [-0.39, 0.29) is 15.6 Å². The Bertz CT molecular complexity index is 536. The topological polar surface area (TPSA) is 56.0 Å². The average molecular weight is 242 g/mol. The maximum absolute atomic E-state index is 12.9. The molecule has 2 aromatic rings. The van der Waals surface area contributed by atoms with Crippen LogP contribution in [0.1, 0.15) is 0 Å². The van der Waals surface area contributed by atoms with Gasteiger partial charge in [0.1, 0.15) is 22.8 Å². The molecule has 2 rings (SSSR count). The molecule has 0 radical (unpaired) electrons. The normalized spacial score (nSPS) is 10.4. The fourth-order valence-electron chi connectivity index (χ4n) is 1.16. The third kappa shape index (κ3) is 2.03. The molecule has 0 bridgehead atoms. The van der Waals surface area contributed by atoms with E-state index in [2.05, 4.69) is 4.98 Å². The molecule has 0 fully saturated rings. The highest BCUT2D eigenvalue weighted by molar-refractivity contribution is 7.18. The lowest BCUT2D eigenvalue weighted by Crippen LogP contribution is -1.82. The van der Waals surface area contributed by atoms with Crippen molar-refractivity contribution in [3.8, 4) is 10.6 Å². The zero-order chi connectivity index (χ0) is 11.7. The van der Waals surface area contributed by atoms with Crippen LogP contribution in [0.2, 0.25) is 0 Å². The van der Waals surface area contributed by atoms with Gasteiger partial charge < -0.3 is 0 Å². The summed E-state index contributed by atoms with van der Waals surface area (Å²) in [6.07, 6.45) is 1.06. The highest BCUT2D eigenvalue weighted by Crippen LogP contribution is 2.30. The van der Waals surface area contributed by atoms with Gasteiger partial charge in [-0.15, -0.1) is 0 Å². The molecule has 1 aromatic carbocycles. The number of hydrogen-bond acceptors (Lipinski definition) is 4. The van der Waals surface area contributed by atoms with Crippen LogP contribution in [0.4, 0.5) is 13.8 Å². The number of hydrogen-bond donors (Lipinski definition) is 0. The van der Waals surface area contributed by atoms with E-state index in [0.29, 0.717) is 0 Å². The van der Waals surface area contributed by atoms with Crippen molar-refractivity contribution in [3.05, 3.63) is 46.1 Å². The molecule has 0 saturated carbocycles. The minimum Gasteiger partial charge on any atom is -0.257 e. The van der Waals surface area contributed by atoms with E-state index in [4.69, 9.17) is 0 Å². The fourth-order valence-corrected chi connectivity index (χ4v) is 1.88. The minimum atomic E-state index is -0.743.